The molecule has 0 aromatic rings. The van der Waals surface area contributed by atoms with Crippen molar-refractivity contribution in [2.24, 2.45) is 28.4 Å². The molecule has 0 unspecified atom stereocenters. The van der Waals surface area contributed by atoms with Crippen molar-refractivity contribution in [2.45, 2.75) is 33.6 Å². The third-order valence-corrected chi connectivity index (χ3v) is 4.73. The maximum absolute atomic E-state index is 11.5. The monoisotopic (exact) mass is 216 g/mol. The second-order valence-electron chi connectivity index (χ2n) is 5.22. The Morgan fingerprint density at radius 2 is 2.07 bits per heavy atom. The van der Waals surface area contributed by atoms with Gasteiger partial charge in [0.05, 0.1) is 5.41 Å². The maximum atomic E-state index is 11.5. The lowest BCUT2D eigenvalue weighted by Crippen LogP contribution is -2.67. The van der Waals surface area contributed by atoms with Crippen molar-refractivity contribution < 1.29 is 4.79 Å². The van der Waals surface area contributed by atoms with E-state index in [0.29, 0.717) is 11.8 Å². The van der Waals surface area contributed by atoms with Crippen LogP contribution >= 0.6 is 12.4 Å². The summed E-state index contributed by atoms with van der Waals surface area (Å²) < 4.78 is 0. The quantitative estimate of drug-likeness (QED) is 0.718. The number of carbonyl (C=O) groups excluding carboxylic acids is 1. The highest BCUT2D eigenvalue weighted by molar-refractivity contribution is 5.85. The van der Waals surface area contributed by atoms with E-state index in [0.717, 1.165) is 12.8 Å². The second-order valence-corrected chi connectivity index (χ2v) is 5.22. The summed E-state index contributed by atoms with van der Waals surface area (Å²) in [6.07, 6.45) is 4.43. The fraction of sp³-hybridized carbons (Fsp3) is 0.818. The Labute approximate surface area is 92.0 Å². The zero-order chi connectivity index (χ0) is 9.85. The second kappa shape index (κ2) is 3.13. The van der Waals surface area contributed by atoms with E-state index in [4.69, 9.17) is 5.73 Å². The van der Waals surface area contributed by atoms with Crippen LogP contribution in [0, 0.1) is 29.1 Å². The molecule has 0 aromatic carbocycles. The lowest BCUT2D eigenvalue weighted by atomic mass is 9.36. The first-order valence-corrected chi connectivity index (χ1v) is 5.06. The normalized spacial score (nSPS) is 43.4. The lowest BCUT2D eigenvalue weighted by molar-refractivity contribution is -0.186. The summed E-state index contributed by atoms with van der Waals surface area (Å²) >= 11 is 0. The summed E-state index contributed by atoms with van der Waals surface area (Å²) in [4.78, 5) is 11.5. The summed E-state index contributed by atoms with van der Waals surface area (Å²) in [5, 5.41) is 0. The molecule has 3 rings (SSSR count). The van der Waals surface area contributed by atoms with E-state index < -0.39 is 0 Å². The number of hydrogen-bond acceptors (Lipinski definition) is 1. The standard InChI is InChI=1S/C11H18NO.ClH/c1-7-4-5-8-6-11(7,9(12)13)10(8,2)3;/h4,7-8H,5-6H2,1-3H3,(H2,12,13);1H/t7-,8+,11+;/m0./s1. The van der Waals surface area contributed by atoms with Gasteiger partial charge in [0.1, 0.15) is 0 Å². The zero-order valence-corrected chi connectivity index (χ0v) is 9.86. The van der Waals surface area contributed by atoms with Gasteiger partial charge < -0.3 is 5.73 Å². The molecule has 2 nitrogen and oxygen atoms in total. The fourth-order valence-electron chi connectivity index (χ4n) is 3.50. The number of primary amides is 1. The maximum Gasteiger partial charge on any atom is 0.224 e. The van der Waals surface area contributed by atoms with Gasteiger partial charge in [0, 0.05) is 0 Å². The highest BCUT2D eigenvalue weighted by Gasteiger charge is 2.67. The van der Waals surface area contributed by atoms with E-state index in [1.165, 1.54) is 0 Å². The van der Waals surface area contributed by atoms with Crippen LogP contribution in [0.5, 0.6) is 0 Å². The van der Waals surface area contributed by atoms with Gasteiger partial charge >= 0.3 is 0 Å². The lowest BCUT2D eigenvalue weighted by Gasteiger charge is -2.66. The number of hydrogen-bond donors (Lipinski definition) is 1. The molecule has 1 amide bonds. The van der Waals surface area contributed by atoms with E-state index in [1.807, 2.05) is 0 Å². The van der Waals surface area contributed by atoms with Crippen molar-refractivity contribution in [3.63, 3.8) is 0 Å². The molecule has 0 saturated heterocycles. The van der Waals surface area contributed by atoms with Crippen LogP contribution in [0.2, 0.25) is 0 Å². The molecular formula is C11H19ClNO. The van der Waals surface area contributed by atoms with Crippen molar-refractivity contribution in [1.29, 1.82) is 0 Å². The largest absolute Gasteiger partial charge is 0.369 e. The molecule has 14 heavy (non-hydrogen) atoms. The fourth-order valence-corrected chi connectivity index (χ4v) is 3.50. The van der Waals surface area contributed by atoms with E-state index in [1.54, 1.807) is 0 Å². The van der Waals surface area contributed by atoms with Crippen molar-refractivity contribution in [3.05, 3.63) is 6.42 Å². The van der Waals surface area contributed by atoms with Crippen LogP contribution in [0.3, 0.4) is 0 Å². The molecule has 0 spiro atoms. The van der Waals surface area contributed by atoms with Crippen LogP contribution in [0.1, 0.15) is 33.6 Å². The first kappa shape index (κ1) is 11.8. The molecule has 0 aliphatic heterocycles. The Hall–Kier alpha value is -0.240. The van der Waals surface area contributed by atoms with Gasteiger partial charge in [-0.15, -0.1) is 12.4 Å². The summed E-state index contributed by atoms with van der Waals surface area (Å²) in [6, 6.07) is 0. The zero-order valence-electron chi connectivity index (χ0n) is 9.04. The molecule has 2 N–H and O–H groups in total. The van der Waals surface area contributed by atoms with E-state index in [2.05, 4.69) is 27.2 Å². The summed E-state index contributed by atoms with van der Waals surface area (Å²) in [6.45, 7) is 6.51. The molecule has 0 aromatic heterocycles. The number of halogens is 1. The van der Waals surface area contributed by atoms with Crippen LogP contribution in [0.4, 0.5) is 0 Å². The molecule has 0 heterocycles. The van der Waals surface area contributed by atoms with Crippen LogP contribution in [-0.2, 0) is 4.79 Å². The molecule has 81 valence electrons. The van der Waals surface area contributed by atoms with E-state index in [9.17, 15) is 4.79 Å². The number of rotatable bonds is 1. The molecule has 3 aliphatic carbocycles. The molecular weight excluding hydrogens is 198 g/mol. The molecule has 3 heteroatoms. The van der Waals surface area contributed by atoms with Crippen molar-refractivity contribution in [1.82, 2.24) is 0 Å². The van der Waals surface area contributed by atoms with Crippen LogP contribution in [-0.4, -0.2) is 5.91 Å². The Morgan fingerprint density at radius 3 is 2.36 bits per heavy atom. The SMILES string of the molecule is C[C@H]1[CH]C[C@@H]2C[C@@]1(C(N)=O)C2(C)C.Cl. The van der Waals surface area contributed by atoms with Gasteiger partial charge in [0.15, 0.2) is 0 Å². The summed E-state index contributed by atoms with van der Waals surface area (Å²) in [5.41, 5.74) is 5.42. The Morgan fingerprint density at radius 1 is 1.50 bits per heavy atom. The van der Waals surface area contributed by atoms with Crippen LogP contribution in [0.15, 0.2) is 0 Å². The predicted octanol–water partition coefficient (Wildman–Crippen LogP) is 2.17. The number of fused-ring (bicyclic) bond motifs is 2. The summed E-state index contributed by atoms with van der Waals surface area (Å²) in [5.74, 6) is 0.929. The number of carbonyl (C=O) groups is 1. The average molecular weight is 217 g/mol. The van der Waals surface area contributed by atoms with Gasteiger partial charge in [-0.3, -0.25) is 4.79 Å². The third kappa shape index (κ3) is 1.01. The Bertz CT molecular complexity index is 264. The molecule has 3 aliphatic rings. The number of amides is 1. The first-order chi connectivity index (χ1) is 5.93. The van der Waals surface area contributed by atoms with E-state index in [-0.39, 0.29) is 29.1 Å². The summed E-state index contributed by atoms with van der Waals surface area (Å²) in [7, 11) is 0. The molecule has 2 bridgehead atoms. The van der Waals surface area contributed by atoms with Crippen molar-refractivity contribution in [3.8, 4) is 0 Å². The Kier molecular flexibility index (Phi) is 2.64. The molecule has 3 fully saturated rings. The highest BCUT2D eigenvalue weighted by atomic mass is 35.5. The van der Waals surface area contributed by atoms with Gasteiger partial charge in [-0.05, 0) is 36.5 Å². The molecule has 3 atom stereocenters. The van der Waals surface area contributed by atoms with Gasteiger partial charge in [-0.2, -0.15) is 0 Å². The predicted molar refractivity (Wildman–Crippen MR) is 58.8 cm³/mol. The van der Waals surface area contributed by atoms with Gasteiger partial charge in [0.2, 0.25) is 5.91 Å². The third-order valence-electron chi connectivity index (χ3n) is 4.73. The van der Waals surface area contributed by atoms with Crippen molar-refractivity contribution >= 4 is 18.3 Å². The first-order valence-electron chi connectivity index (χ1n) is 5.06. The van der Waals surface area contributed by atoms with E-state index >= 15 is 0 Å². The Balaban J connectivity index is 0.000000980. The minimum atomic E-state index is -0.240. The van der Waals surface area contributed by atoms with Gasteiger partial charge in [0.25, 0.3) is 0 Å². The average Bonchev–Trinajstić information content (AvgIpc) is 2.02. The van der Waals surface area contributed by atoms with Crippen LogP contribution in [0.25, 0.3) is 0 Å². The number of nitrogens with two attached hydrogens (primary N) is 1. The topological polar surface area (TPSA) is 43.1 Å². The molecule has 1 radical (unpaired) electrons. The molecule has 3 saturated carbocycles. The minimum Gasteiger partial charge on any atom is -0.369 e. The minimum absolute atomic E-state index is 0. The smallest absolute Gasteiger partial charge is 0.224 e. The van der Waals surface area contributed by atoms with Crippen LogP contribution < -0.4 is 5.73 Å². The van der Waals surface area contributed by atoms with Gasteiger partial charge in [-0.1, -0.05) is 20.8 Å². The highest BCUT2D eigenvalue weighted by Crippen LogP contribution is 2.69. The van der Waals surface area contributed by atoms with Gasteiger partial charge in [-0.25, -0.2) is 0 Å². The van der Waals surface area contributed by atoms with Crippen molar-refractivity contribution in [2.75, 3.05) is 0 Å².